The van der Waals surface area contributed by atoms with E-state index in [0.717, 1.165) is 88.0 Å². The second-order valence-corrected chi connectivity index (χ2v) is 14.7. The Morgan fingerprint density at radius 1 is 0.333 bits per heavy atom. The molecular formula is C50H26B5NO. The number of furan rings is 1. The van der Waals surface area contributed by atoms with Crippen LogP contribution in [0.15, 0.2) is 162 Å². The SMILES string of the molecule is [B]c1c([B])c([B])c(-c2c3ccccc3c(-c3cccc(-c4c(-n5c6ccccc6c6ccccc65)ccc5oc6ccccc6c45)c3)c3ccccc23)c([B])c1[B]. The molecule has 0 unspecified atom stereocenters. The van der Waals surface area contributed by atoms with Gasteiger partial charge in [0.1, 0.15) is 50.4 Å². The van der Waals surface area contributed by atoms with Crippen molar-refractivity contribution >= 4 is 132 Å². The first kappa shape index (κ1) is 33.7. The number of nitrogens with zero attached hydrogens (tertiary/aromatic N) is 1. The van der Waals surface area contributed by atoms with Crippen LogP contribution in [-0.4, -0.2) is 43.8 Å². The van der Waals surface area contributed by atoms with Gasteiger partial charge in [0.25, 0.3) is 0 Å². The van der Waals surface area contributed by atoms with Crippen LogP contribution in [-0.2, 0) is 0 Å². The fourth-order valence-corrected chi connectivity index (χ4v) is 9.12. The van der Waals surface area contributed by atoms with Gasteiger partial charge in [0.05, 0.1) is 16.7 Å². The Morgan fingerprint density at radius 2 is 0.789 bits per heavy atom. The molecule has 0 spiro atoms. The minimum Gasteiger partial charge on any atom is -0.456 e. The molecule has 2 aromatic heterocycles. The van der Waals surface area contributed by atoms with E-state index in [2.05, 4.69) is 138 Å². The lowest BCUT2D eigenvalue weighted by Crippen LogP contribution is -2.55. The molecule has 2 heterocycles. The molecule has 252 valence electrons. The minimum atomic E-state index is 0.191. The van der Waals surface area contributed by atoms with Gasteiger partial charge in [-0.05, 0) is 85.8 Å². The van der Waals surface area contributed by atoms with Gasteiger partial charge in [0.15, 0.2) is 0 Å². The van der Waals surface area contributed by atoms with E-state index < -0.39 is 0 Å². The van der Waals surface area contributed by atoms with Crippen LogP contribution in [0.3, 0.4) is 0 Å². The third-order valence-electron chi connectivity index (χ3n) is 11.7. The molecule has 0 atom stereocenters. The van der Waals surface area contributed by atoms with Gasteiger partial charge in [-0.1, -0.05) is 132 Å². The van der Waals surface area contributed by atoms with E-state index in [-0.39, 0.29) is 16.4 Å². The summed E-state index contributed by atoms with van der Waals surface area (Å²) in [5.74, 6) is 0. The average Bonchev–Trinajstić information content (AvgIpc) is 3.80. The van der Waals surface area contributed by atoms with Crippen molar-refractivity contribution in [1.29, 1.82) is 0 Å². The number of rotatable bonds is 4. The van der Waals surface area contributed by atoms with E-state index in [1.807, 2.05) is 24.3 Å². The number of fused-ring (bicyclic) bond motifs is 8. The molecule has 57 heavy (non-hydrogen) atoms. The van der Waals surface area contributed by atoms with E-state index in [9.17, 15) is 0 Å². The summed E-state index contributed by atoms with van der Waals surface area (Å²) in [4.78, 5) is 0. The Labute approximate surface area is 336 Å². The first-order chi connectivity index (χ1) is 27.9. The summed E-state index contributed by atoms with van der Waals surface area (Å²) in [6.07, 6.45) is 0. The van der Waals surface area contributed by atoms with E-state index >= 15 is 0 Å². The number of benzene rings is 9. The van der Waals surface area contributed by atoms with Crippen molar-refractivity contribution in [2.45, 2.75) is 0 Å². The highest BCUT2D eigenvalue weighted by molar-refractivity contribution is 6.69. The maximum absolute atomic E-state index is 6.75. The summed E-state index contributed by atoms with van der Waals surface area (Å²) >= 11 is 0. The number of hydrogen-bond donors (Lipinski definition) is 0. The maximum atomic E-state index is 6.75. The smallest absolute Gasteiger partial charge is 0.136 e. The molecule has 0 aliphatic heterocycles. The van der Waals surface area contributed by atoms with Crippen LogP contribution in [0.25, 0.3) is 104 Å². The Hall–Kier alpha value is -6.58. The van der Waals surface area contributed by atoms with Crippen molar-refractivity contribution in [2.75, 3.05) is 0 Å². The van der Waals surface area contributed by atoms with Gasteiger partial charge >= 0.3 is 0 Å². The Bertz CT molecular complexity index is 3350. The van der Waals surface area contributed by atoms with Crippen molar-refractivity contribution in [3.63, 3.8) is 0 Å². The van der Waals surface area contributed by atoms with Gasteiger partial charge in [-0.15, -0.1) is 16.4 Å². The van der Waals surface area contributed by atoms with Crippen LogP contribution in [0.2, 0.25) is 0 Å². The van der Waals surface area contributed by atoms with Crippen molar-refractivity contribution in [3.8, 4) is 39.1 Å². The van der Waals surface area contributed by atoms with E-state index in [1.54, 1.807) is 0 Å². The molecule has 0 aliphatic rings. The van der Waals surface area contributed by atoms with E-state index in [0.29, 0.717) is 16.5 Å². The molecule has 0 saturated heterocycles. The highest BCUT2D eigenvalue weighted by atomic mass is 16.3. The summed E-state index contributed by atoms with van der Waals surface area (Å²) in [7, 11) is 32.7. The molecule has 0 bridgehead atoms. The second-order valence-electron chi connectivity index (χ2n) is 14.7. The predicted octanol–water partition coefficient (Wildman–Crippen LogP) is 7.96. The van der Waals surface area contributed by atoms with Crippen LogP contribution in [0.4, 0.5) is 0 Å². The molecule has 11 aromatic rings. The zero-order valence-corrected chi connectivity index (χ0v) is 30.8. The van der Waals surface area contributed by atoms with Crippen molar-refractivity contribution < 1.29 is 4.42 Å². The molecule has 10 radical (unpaired) electrons. The highest BCUT2D eigenvalue weighted by Crippen LogP contribution is 2.46. The van der Waals surface area contributed by atoms with Gasteiger partial charge in [0.2, 0.25) is 0 Å². The summed E-state index contributed by atoms with van der Waals surface area (Å²) in [5.41, 5.74) is 12.0. The largest absolute Gasteiger partial charge is 0.456 e. The summed E-state index contributed by atoms with van der Waals surface area (Å²) in [5, 5.41) is 8.53. The van der Waals surface area contributed by atoms with Gasteiger partial charge in [-0.25, -0.2) is 0 Å². The molecule has 0 aliphatic carbocycles. The quantitative estimate of drug-likeness (QED) is 0.134. The van der Waals surface area contributed by atoms with E-state index in [4.69, 9.17) is 43.6 Å². The van der Waals surface area contributed by atoms with Gasteiger partial charge in [-0.3, -0.25) is 0 Å². The fourth-order valence-electron chi connectivity index (χ4n) is 9.12. The second kappa shape index (κ2) is 12.7. The standard InChI is InChI=1S/C50H26B5NO/c51-46-45(47(52)49(54)50(55)48(46)53)43-33-18-3-1-16-31(33)41(32-17-2-4-19-34(32)43)27-12-11-13-28(26-27)42-38(24-25-40-44(42)35-20-7-10-23-39(35)57-40)56-36-21-8-5-14-29(36)30-15-6-9-22-37(30)56/h1-26H. The zero-order chi connectivity index (χ0) is 38.5. The molecule has 9 aromatic carbocycles. The molecule has 11 rings (SSSR count). The first-order valence-corrected chi connectivity index (χ1v) is 18.9. The normalized spacial score (nSPS) is 11.9. The lowest BCUT2D eigenvalue weighted by Gasteiger charge is -2.25. The average molecular weight is 711 g/mol. The fraction of sp³-hybridized carbons (Fsp3) is 0. The molecule has 2 nitrogen and oxygen atoms in total. The molecule has 0 fully saturated rings. The van der Waals surface area contributed by atoms with Crippen molar-refractivity contribution in [1.82, 2.24) is 4.57 Å². The van der Waals surface area contributed by atoms with Crippen LogP contribution >= 0.6 is 0 Å². The molecular weight excluding hydrogens is 685 g/mol. The molecule has 0 amide bonds. The third-order valence-corrected chi connectivity index (χ3v) is 11.7. The minimum absolute atomic E-state index is 0.191. The number of aromatic nitrogens is 1. The van der Waals surface area contributed by atoms with Crippen LogP contribution < -0.4 is 27.3 Å². The highest BCUT2D eigenvalue weighted by Gasteiger charge is 2.24. The summed E-state index contributed by atoms with van der Waals surface area (Å²) in [6.45, 7) is 0. The molecule has 0 saturated carbocycles. The van der Waals surface area contributed by atoms with Crippen LogP contribution in [0, 0.1) is 0 Å². The predicted molar refractivity (Wildman–Crippen MR) is 246 cm³/mol. The lowest BCUT2D eigenvalue weighted by atomic mass is 9.59. The number of para-hydroxylation sites is 3. The first-order valence-electron chi connectivity index (χ1n) is 18.9. The van der Waals surface area contributed by atoms with Gasteiger partial charge in [-0.2, -0.15) is 0 Å². The molecule has 7 heteroatoms. The summed E-state index contributed by atoms with van der Waals surface area (Å²) in [6, 6.07) is 55.4. The Kier molecular flexibility index (Phi) is 7.53. The monoisotopic (exact) mass is 711 g/mol. The number of hydrogen-bond acceptors (Lipinski definition) is 1. The van der Waals surface area contributed by atoms with E-state index in [1.165, 1.54) is 10.8 Å². The van der Waals surface area contributed by atoms with Gasteiger partial charge < -0.3 is 8.98 Å². The van der Waals surface area contributed by atoms with Crippen molar-refractivity contribution in [3.05, 3.63) is 158 Å². The van der Waals surface area contributed by atoms with Gasteiger partial charge in [0, 0.05) is 27.1 Å². The zero-order valence-electron chi connectivity index (χ0n) is 30.8. The molecule has 0 N–H and O–H groups in total. The lowest BCUT2D eigenvalue weighted by molar-refractivity contribution is 0.669. The topological polar surface area (TPSA) is 18.1 Å². The summed E-state index contributed by atoms with van der Waals surface area (Å²) < 4.78 is 8.93. The van der Waals surface area contributed by atoms with Crippen LogP contribution in [0.5, 0.6) is 0 Å². The maximum Gasteiger partial charge on any atom is 0.136 e. The Morgan fingerprint density at radius 3 is 1.37 bits per heavy atom. The van der Waals surface area contributed by atoms with Crippen LogP contribution in [0.1, 0.15) is 0 Å². The Balaban J connectivity index is 1.24. The van der Waals surface area contributed by atoms with Crippen molar-refractivity contribution in [2.24, 2.45) is 0 Å². The third kappa shape index (κ3) is 4.85.